The van der Waals surface area contributed by atoms with Crippen molar-refractivity contribution in [2.45, 2.75) is 53.1 Å². The van der Waals surface area contributed by atoms with Gasteiger partial charge >= 0.3 is 0 Å². The van der Waals surface area contributed by atoms with E-state index in [1.165, 1.54) is 16.7 Å². The predicted octanol–water partition coefficient (Wildman–Crippen LogP) is 3.38. The van der Waals surface area contributed by atoms with Crippen LogP contribution in [-0.4, -0.2) is 41.9 Å². The minimum Gasteiger partial charge on any atom is -0.340 e. The highest BCUT2D eigenvalue weighted by Gasteiger charge is 2.27. The molecule has 1 atom stereocenters. The second-order valence-electron chi connectivity index (χ2n) is 7.10. The molecule has 0 spiro atoms. The third-order valence-electron chi connectivity index (χ3n) is 4.89. The molecule has 2 rings (SSSR count). The second kappa shape index (κ2) is 7.28. The van der Waals surface area contributed by atoms with E-state index in [-0.39, 0.29) is 0 Å². The number of benzene rings is 1. The van der Waals surface area contributed by atoms with Gasteiger partial charge < -0.3 is 9.80 Å². The van der Waals surface area contributed by atoms with E-state index in [1.54, 1.807) is 0 Å². The van der Waals surface area contributed by atoms with Gasteiger partial charge in [0, 0.05) is 32.1 Å². The van der Waals surface area contributed by atoms with E-state index in [2.05, 4.69) is 57.8 Å². The van der Waals surface area contributed by atoms with E-state index in [0.717, 1.165) is 26.1 Å². The van der Waals surface area contributed by atoms with Crippen LogP contribution < -0.4 is 0 Å². The molecule has 0 radical (unpaired) electrons. The van der Waals surface area contributed by atoms with Gasteiger partial charge in [-0.15, -0.1) is 0 Å². The van der Waals surface area contributed by atoms with Gasteiger partial charge in [-0.3, -0.25) is 4.79 Å². The maximum Gasteiger partial charge on any atom is 0.222 e. The first-order chi connectivity index (χ1) is 10.4. The van der Waals surface area contributed by atoms with Gasteiger partial charge in [0.05, 0.1) is 0 Å². The highest BCUT2D eigenvalue weighted by Crippen LogP contribution is 2.21. The molecule has 0 N–H and O–H groups in total. The summed E-state index contributed by atoms with van der Waals surface area (Å²) in [5, 5.41) is 0. The average Bonchev–Trinajstić information content (AvgIpc) is 2.45. The summed E-state index contributed by atoms with van der Waals surface area (Å²) in [5.41, 5.74) is 4.17. The van der Waals surface area contributed by atoms with Crippen molar-refractivity contribution in [3.8, 4) is 0 Å². The SMILES string of the molecule is Cc1cccc(CN(C)CC2CCC(=O)N(C(C)C)C2)c1C. The van der Waals surface area contributed by atoms with Crippen LogP contribution in [0, 0.1) is 19.8 Å². The summed E-state index contributed by atoms with van der Waals surface area (Å²) >= 11 is 0. The van der Waals surface area contributed by atoms with E-state index in [9.17, 15) is 4.79 Å². The lowest BCUT2D eigenvalue weighted by Gasteiger charge is -2.37. The zero-order valence-electron chi connectivity index (χ0n) is 14.7. The molecule has 1 aromatic carbocycles. The van der Waals surface area contributed by atoms with E-state index < -0.39 is 0 Å². The van der Waals surface area contributed by atoms with Crippen molar-refractivity contribution >= 4 is 5.91 Å². The third-order valence-corrected chi connectivity index (χ3v) is 4.89. The molecular weight excluding hydrogens is 272 g/mol. The quantitative estimate of drug-likeness (QED) is 0.832. The second-order valence-corrected chi connectivity index (χ2v) is 7.10. The number of aryl methyl sites for hydroxylation is 1. The molecule has 1 aromatic rings. The van der Waals surface area contributed by atoms with Gasteiger partial charge in [-0.05, 0) is 63.8 Å². The summed E-state index contributed by atoms with van der Waals surface area (Å²) in [6.07, 6.45) is 1.74. The normalized spacial score (nSPS) is 19.3. The largest absolute Gasteiger partial charge is 0.340 e. The minimum absolute atomic E-state index is 0.319. The number of hydrogen-bond donors (Lipinski definition) is 0. The van der Waals surface area contributed by atoms with Gasteiger partial charge in [0.1, 0.15) is 0 Å². The van der Waals surface area contributed by atoms with Crippen LogP contribution in [0.4, 0.5) is 0 Å². The molecule has 0 saturated carbocycles. The number of piperidine rings is 1. The first kappa shape index (κ1) is 17.0. The number of carbonyl (C=O) groups excluding carboxylic acids is 1. The first-order valence-electron chi connectivity index (χ1n) is 8.41. The fraction of sp³-hybridized carbons (Fsp3) is 0.632. The van der Waals surface area contributed by atoms with Crippen LogP contribution in [0.15, 0.2) is 18.2 Å². The molecule has 1 heterocycles. The van der Waals surface area contributed by atoms with Crippen molar-refractivity contribution in [1.29, 1.82) is 0 Å². The molecule has 0 aromatic heterocycles. The van der Waals surface area contributed by atoms with Crippen LogP contribution in [0.1, 0.15) is 43.4 Å². The van der Waals surface area contributed by atoms with Crippen LogP contribution >= 0.6 is 0 Å². The number of hydrogen-bond acceptors (Lipinski definition) is 2. The molecule has 1 amide bonds. The lowest BCUT2D eigenvalue weighted by atomic mass is 9.95. The van der Waals surface area contributed by atoms with Crippen LogP contribution in [0.2, 0.25) is 0 Å². The number of likely N-dealkylation sites (tertiary alicyclic amines) is 1. The van der Waals surface area contributed by atoms with Gasteiger partial charge in [0.15, 0.2) is 0 Å². The number of rotatable bonds is 5. The van der Waals surface area contributed by atoms with Crippen molar-refractivity contribution in [3.63, 3.8) is 0 Å². The van der Waals surface area contributed by atoms with E-state index in [0.29, 0.717) is 24.3 Å². The molecule has 1 unspecified atom stereocenters. The Morgan fingerprint density at radius 3 is 2.73 bits per heavy atom. The van der Waals surface area contributed by atoms with Gasteiger partial charge in [-0.1, -0.05) is 18.2 Å². The van der Waals surface area contributed by atoms with Gasteiger partial charge in [-0.25, -0.2) is 0 Å². The molecular formula is C19H30N2O. The van der Waals surface area contributed by atoms with Crippen molar-refractivity contribution in [3.05, 3.63) is 34.9 Å². The van der Waals surface area contributed by atoms with Crippen LogP contribution in [-0.2, 0) is 11.3 Å². The molecule has 1 aliphatic heterocycles. The minimum atomic E-state index is 0.319. The molecule has 0 bridgehead atoms. The Labute approximate surface area is 135 Å². The summed E-state index contributed by atoms with van der Waals surface area (Å²) < 4.78 is 0. The van der Waals surface area contributed by atoms with E-state index >= 15 is 0 Å². The summed E-state index contributed by atoms with van der Waals surface area (Å²) in [5.74, 6) is 0.915. The third kappa shape index (κ3) is 4.10. The highest BCUT2D eigenvalue weighted by atomic mass is 16.2. The zero-order chi connectivity index (χ0) is 16.3. The smallest absolute Gasteiger partial charge is 0.222 e. The molecule has 1 saturated heterocycles. The zero-order valence-corrected chi connectivity index (χ0v) is 14.7. The summed E-state index contributed by atoms with van der Waals surface area (Å²) in [7, 11) is 2.19. The van der Waals surface area contributed by atoms with E-state index in [1.807, 2.05) is 4.90 Å². The maximum atomic E-state index is 12.0. The van der Waals surface area contributed by atoms with Gasteiger partial charge in [0.25, 0.3) is 0 Å². The van der Waals surface area contributed by atoms with Gasteiger partial charge in [0.2, 0.25) is 5.91 Å². The van der Waals surface area contributed by atoms with Gasteiger partial charge in [-0.2, -0.15) is 0 Å². The summed E-state index contributed by atoms with van der Waals surface area (Å²) in [6, 6.07) is 6.86. The van der Waals surface area contributed by atoms with Crippen LogP contribution in [0.5, 0.6) is 0 Å². The molecule has 1 aliphatic rings. The molecule has 0 aliphatic carbocycles. The van der Waals surface area contributed by atoms with E-state index in [4.69, 9.17) is 0 Å². The summed E-state index contributed by atoms with van der Waals surface area (Å²) in [4.78, 5) is 16.4. The van der Waals surface area contributed by atoms with Crippen molar-refractivity contribution in [2.24, 2.45) is 5.92 Å². The Morgan fingerprint density at radius 2 is 2.05 bits per heavy atom. The molecule has 3 heteroatoms. The number of carbonyl (C=O) groups is 1. The maximum absolute atomic E-state index is 12.0. The van der Waals surface area contributed by atoms with Crippen LogP contribution in [0.25, 0.3) is 0 Å². The topological polar surface area (TPSA) is 23.6 Å². The number of amides is 1. The Kier molecular flexibility index (Phi) is 5.63. The Bertz CT molecular complexity index is 524. The Balaban J connectivity index is 1.93. The molecule has 1 fully saturated rings. The standard InChI is InChI=1S/C19H30N2O/c1-14(2)21-12-17(9-10-19(21)22)11-20(5)13-18-8-6-7-15(3)16(18)4/h6-8,14,17H,9-13H2,1-5H3. The van der Waals surface area contributed by atoms with Crippen molar-refractivity contribution < 1.29 is 4.79 Å². The Morgan fingerprint density at radius 1 is 1.32 bits per heavy atom. The first-order valence-corrected chi connectivity index (χ1v) is 8.41. The van der Waals surface area contributed by atoms with Crippen molar-refractivity contribution in [1.82, 2.24) is 9.80 Å². The molecule has 22 heavy (non-hydrogen) atoms. The lowest BCUT2D eigenvalue weighted by Crippen LogP contribution is -2.46. The fourth-order valence-corrected chi connectivity index (χ4v) is 3.37. The highest BCUT2D eigenvalue weighted by molar-refractivity contribution is 5.77. The van der Waals surface area contributed by atoms with Crippen LogP contribution in [0.3, 0.4) is 0 Å². The summed E-state index contributed by atoms with van der Waals surface area (Å²) in [6.45, 7) is 11.6. The Hall–Kier alpha value is -1.35. The fourth-order valence-electron chi connectivity index (χ4n) is 3.37. The molecule has 3 nitrogen and oxygen atoms in total. The lowest BCUT2D eigenvalue weighted by molar-refractivity contribution is -0.136. The monoisotopic (exact) mass is 302 g/mol. The number of nitrogens with zero attached hydrogens (tertiary/aromatic N) is 2. The average molecular weight is 302 g/mol. The van der Waals surface area contributed by atoms with Crippen molar-refractivity contribution in [2.75, 3.05) is 20.1 Å². The molecule has 122 valence electrons. The predicted molar refractivity (Wildman–Crippen MR) is 91.8 cm³/mol.